The molecule has 2 saturated carbocycles. The van der Waals surface area contributed by atoms with Gasteiger partial charge in [0.1, 0.15) is 6.73 Å². The number of aliphatic hydroxyl groups is 2. The van der Waals surface area contributed by atoms with Crippen LogP contribution in [0.1, 0.15) is 119 Å². The minimum absolute atomic E-state index is 0.0634. The summed E-state index contributed by atoms with van der Waals surface area (Å²) in [5, 5.41) is 24.9. The molecule has 2 fully saturated rings. The minimum Gasteiger partial charge on any atom is -0.395 e. The van der Waals surface area contributed by atoms with Crippen molar-refractivity contribution in [1.82, 2.24) is 4.90 Å². The number of carbonyl (C=O) groups is 3. The van der Waals surface area contributed by atoms with E-state index < -0.39 is 12.6 Å². The summed E-state index contributed by atoms with van der Waals surface area (Å²) in [7, 11) is 0. The molecule has 0 heterocycles. The van der Waals surface area contributed by atoms with Crippen LogP contribution in [0.15, 0.2) is 66.7 Å². The van der Waals surface area contributed by atoms with Gasteiger partial charge in [0.2, 0.25) is 0 Å². The van der Waals surface area contributed by atoms with E-state index in [0.717, 1.165) is 42.4 Å². The number of carbonyl (C=O) groups excluding carboxylic acids is 3. The number of anilines is 2. The van der Waals surface area contributed by atoms with Gasteiger partial charge >= 0.3 is 0 Å². The largest absolute Gasteiger partial charge is 0.395 e. The van der Waals surface area contributed by atoms with Crippen molar-refractivity contribution >= 4 is 29.1 Å². The first kappa shape index (κ1) is 33.4. The first-order valence-electron chi connectivity index (χ1n) is 16.7. The normalized spacial score (nSPS) is 21.3. The lowest BCUT2D eigenvalue weighted by molar-refractivity contribution is 0.0500. The molecule has 0 unspecified atom stereocenters. The maximum atomic E-state index is 13.3. The predicted molar refractivity (Wildman–Crippen MR) is 181 cm³/mol. The van der Waals surface area contributed by atoms with Crippen molar-refractivity contribution < 1.29 is 24.6 Å². The molecule has 0 aliphatic heterocycles. The average Bonchev–Trinajstić information content (AvgIpc) is 3.07. The Bertz CT molecular complexity index is 1390. The Labute approximate surface area is 272 Å². The summed E-state index contributed by atoms with van der Waals surface area (Å²) >= 11 is 0. The lowest BCUT2D eigenvalue weighted by Crippen LogP contribution is -2.34. The van der Waals surface area contributed by atoms with Gasteiger partial charge < -0.3 is 25.7 Å². The van der Waals surface area contributed by atoms with Crippen molar-refractivity contribution in [3.05, 3.63) is 94.5 Å². The summed E-state index contributed by atoms with van der Waals surface area (Å²) in [6.07, 6.45) is 9.52. The number of hydrogen-bond donors (Lipinski definition) is 4. The van der Waals surface area contributed by atoms with Crippen LogP contribution in [-0.4, -0.2) is 52.7 Å². The smallest absolute Gasteiger partial charge is 0.255 e. The van der Waals surface area contributed by atoms with Gasteiger partial charge in [0, 0.05) is 34.6 Å². The second kappa shape index (κ2) is 15.5. The third-order valence-corrected chi connectivity index (χ3v) is 9.84. The van der Waals surface area contributed by atoms with E-state index in [2.05, 4.69) is 24.5 Å². The van der Waals surface area contributed by atoms with Crippen molar-refractivity contribution in [2.24, 2.45) is 11.8 Å². The Morgan fingerprint density at radius 2 is 1.04 bits per heavy atom. The number of hydrogen-bond acceptors (Lipinski definition) is 5. The van der Waals surface area contributed by atoms with Crippen LogP contribution in [0.4, 0.5) is 11.4 Å². The lowest BCUT2D eigenvalue weighted by Gasteiger charge is -2.26. The molecule has 5 rings (SSSR count). The number of rotatable bonds is 10. The molecule has 46 heavy (non-hydrogen) atoms. The molecule has 0 radical (unpaired) electrons. The first-order valence-corrected chi connectivity index (χ1v) is 16.7. The highest BCUT2D eigenvalue weighted by atomic mass is 16.3. The molecule has 3 aromatic rings. The van der Waals surface area contributed by atoms with Crippen molar-refractivity contribution in [3.63, 3.8) is 0 Å². The zero-order chi connectivity index (χ0) is 32.6. The van der Waals surface area contributed by atoms with Crippen LogP contribution in [0.2, 0.25) is 0 Å². The second-order valence-electron chi connectivity index (χ2n) is 13.3. The molecule has 0 atom stereocenters. The van der Waals surface area contributed by atoms with Gasteiger partial charge in [-0.25, -0.2) is 0 Å². The van der Waals surface area contributed by atoms with Crippen LogP contribution in [0, 0.1) is 11.8 Å². The molecule has 3 amide bonds. The molecular formula is C38H47N3O5. The molecule has 244 valence electrons. The number of benzene rings is 3. The Balaban J connectivity index is 1.32. The monoisotopic (exact) mass is 625 g/mol. The van der Waals surface area contributed by atoms with E-state index >= 15 is 0 Å². The van der Waals surface area contributed by atoms with Gasteiger partial charge in [0.05, 0.1) is 6.61 Å². The highest BCUT2D eigenvalue weighted by Gasteiger charge is 2.22. The van der Waals surface area contributed by atoms with E-state index in [1.807, 2.05) is 48.5 Å². The van der Waals surface area contributed by atoms with Crippen LogP contribution >= 0.6 is 0 Å². The molecule has 0 saturated heterocycles. The van der Waals surface area contributed by atoms with Gasteiger partial charge in [-0.05, 0) is 103 Å². The van der Waals surface area contributed by atoms with Crippen molar-refractivity contribution in [3.8, 4) is 0 Å². The molecule has 8 nitrogen and oxygen atoms in total. The third-order valence-electron chi connectivity index (χ3n) is 9.84. The molecule has 0 spiro atoms. The van der Waals surface area contributed by atoms with E-state index in [1.54, 1.807) is 6.07 Å². The SMILES string of the molecule is CC1CCC(c2ccc(C(=O)Nc3cc(NC(=O)c4ccc(C5CCC(C)CC5)cc4)cc(C(=O)N(CO)CCO)c3)cc2)CC1. The van der Waals surface area contributed by atoms with Gasteiger partial charge in [0.25, 0.3) is 17.7 Å². The maximum absolute atomic E-state index is 13.3. The van der Waals surface area contributed by atoms with Crippen molar-refractivity contribution in [1.29, 1.82) is 0 Å². The fourth-order valence-corrected chi connectivity index (χ4v) is 6.84. The van der Waals surface area contributed by atoms with Crippen molar-refractivity contribution in [2.75, 3.05) is 30.5 Å². The van der Waals surface area contributed by atoms with E-state index in [4.69, 9.17) is 0 Å². The molecular weight excluding hydrogens is 578 g/mol. The number of aliphatic hydroxyl groups excluding tert-OH is 2. The van der Waals surface area contributed by atoms with Crippen LogP contribution in [0.5, 0.6) is 0 Å². The fraction of sp³-hybridized carbons (Fsp3) is 0.447. The summed E-state index contributed by atoms with van der Waals surface area (Å²) in [4.78, 5) is 40.9. The summed E-state index contributed by atoms with van der Waals surface area (Å²) in [6.45, 7) is 3.62. The number of nitrogens with one attached hydrogen (secondary N) is 2. The zero-order valence-electron chi connectivity index (χ0n) is 27.0. The number of amides is 3. The van der Waals surface area contributed by atoms with Crippen LogP contribution in [0.3, 0.4) is 0 Å². The van der Waals surface area contributed by atoms with Gasteiger partial charge in [-0.15, -0.1) is 0 Å². The highest BCUT2D eigenvalue weighted by Crippen LogP contribution is 2.36. The topological polar surface area (TPSA) is 119 Å². The summed E-state index contributed by atoms with van der Waals surface area (Å²) in [6, 6.07) is 20.0. The maximum Gasteiger partial charge on any atom is 0.255 e. The third kappa shape index (κ3) is 8.42. The summed E-state index contributed by atoms with van der Waals surface area (Å²) < 4.78 is 0. The van der Waals surface area contributed by atoms with Gasteiger partial charge in [-0.1, -0.05) is 63.8 Å². The number of nitrogens with zero attached hydrogens (tertiary/aromatic N) is 1. The zero-order valence-corrected chi connectivity index (χ0v) is 27.0. The minimum atomic E-state index is -0.587. The van der Waals surface area contributed by atoms with E-state index in [0.29, 0.717) is 34.3 Å². The standard InChI is InChI=1S/C38H47N3O5/c1-25-3-7-27(8-4-25)29-11-15-31(16-12-29)36(44)39-34-21-33(38(46)41(24-43)19-20-42)22-35(23-34)40-37(45)32-17-13-30(14-18-32)28-9-5-26(2)6-10-28/h11-18,21-23,25-28,42-43H,3-10,19-20,24H2,1-2H3,(H,39,44)(H,40,45). The molecule has 4 N–H and O–H groups in total. The van der Waals surface area contributed by atoms with Crippen LogP contribution in [-0.2, 0) is 0 Å². The highest BCUT2D eigenvalue weighted by molar-refractivity contribution is 6.08. The van der Waals surface area contributed by atoms with Crippen molar-refractivity contribution in [2.45, 2.75) is 77.0 Å². The summed E-state index contributed by atoms with van der Waals surface area (Å²) in [5.41, 5.74) is 4.26. The predicted octanol–water partition coefficient (Wildman–Crippen LogP) is 7.16. The van der Waals surface area contributed by atoms with E-state index in [1.165, 1.54) is 48.9 Å². The van der Waals surface area contributed by atoms with E-state index in [-0.39, 0.29) is 30.5 Å². The first-order chi connectivity index (χ1) is 22.2. The van der Waals surface area contributed by atoms with Gasteiger partial charge in [-0.2, -0.15) is 0 Å². The molecule has 2 aliphatic rings. The molecule has 8 heteroatoms. The van der Waals surface area contributed by atoms with E-state index in [9.17, 15) is 24.6 Å². The Morgan fingerprint density at radius 1 is 0.630 bits per heavy atom. The molecule has 0 bridgehead atoms. The molecule has 2 aliphatic carbocycles. The van der Waals surface area contributed by atoms with Crippen LogP contribution < -0.4 is 10.6 Å². The summed E-state index contributed by atoms with van der Waals surface area (Å²) in [5.74, 6) is 1.34. The second-order valence-corrected chi connectivity index (χ2v) is 13.3. The molecule has 0 aromatic heterocycles. The van der Waals surface area contributed by atoms with Crippen LogP contribution in [0.25, 0.3) is 0 Å². The van der Waals surface area contributed by atoms with Gasteiger partial charge in [-0.3, -0.25) is 14.4 Å². The fourth-order valence-electron chi connectivity index (χ4n) is 6.84. The Hall–Kier alpha value is -4.01. The van der Waals surface area contributed by atoms with Gasteiger partial charge in [0.15, 0.2) is 0 Å². The Kier molecular flexibility index (Phi) is 11.3. The molecule has 3 aromatic carbocycles. The quantitative estimate of drug-likeness (QED) is 0.178. The lowest BCUT2D eigenvalue weighted by atomic mass is 9.79. The Morgan fingerprint density at radius 3 is 1.41 bits per heavy atom. The average molecular weight is 626 g/mol.